The third-order valence-corrected chi connectivity index (χ3v) is 2.18. The summed E-state index contributed by atoms with van der Waals surface area (Å²) in [4.78, 5) is 6.16. The Labute approximate surface area is 85.4 Å². The maximum absolute atomic E-state index is 8.94. The fourth-order valence-corrected chi connectivity index (χ4v) is 1.39. The smallest absolute Gasteiger partial charge is 0.0606 e. The second kappa shape index (κ2) is 6.38. The Morgan fingerprint density at radius 2 is 2.00 bits per heavy atom. The molecule has 0 radical (unpaired) electrons. The number of rotatable bonds is 6. The number of hydrogen-bond acceptors (Lipinski definition) is 3. The third-order valence-electron chi connectivity index (χ3n) is 2.18. The summed E-state index contributed by atoms with van der Waals surface area (Å²) in [5, 5.41) is 8.94. The molecule has 1 N–H and O–H groups in total. The molecule has 0 aromatic carbocycles. The van der Waals surface area contributed by atoms with Gasteiger partial charge in [0.2, 0.25) is 0 Å². The quantitative estimate of drug-likeness (QED) is 0.748. The molecule has 1 aromatic rings. The van der Waals surface area contributed by atoms with Crippen molar-refractivity contribution in [1.82, 2.24) is 4.98 Å². The molecule has 0 fully saturated rings. The van der Waals surface area contributed by atoms with Crippen molar-refractivity contribution < 1.29 is 5.11 Å². The van der Waals surface area contributed by atoms with Gasteiger partial charge in [0.05, 0.1) is 6.61 Å². The molecule has 3 heteroatoms. The predicted octanol–water partition coefficient (Wildman–Crippen LogP) is 1.68. The van der Waals surface area contributed by atoms with E-state index in [9.17, 15) is 0 Å². The zero-order valence-electron chi connectivity index (χ0n) is 8.69. The van der Waals surface area contributed by atoms with Crippen molar-refractivity contribution in [2.45, 2.75) is 19.8 Å². The van der Waals surface area contributed by atoms with E-state index in [1.807, 2.05) is 12.1 Å². The first-order valence-corrected chi connectivity index (χ1v) is 5.14. The highest BCUT2D eigenvalue weighted by Gasteiger charge is 2.03. The summed E-state index contributed by atoms with van der Waals surface area (Å²) < 4.78 is 0. The van der Waals surface area contributed by atoms with Crippen LogP contribution in [0.5, 0.6) is 0 Å². The zero-order valence-corrected chi connectivity index (χ0v) is 8.69. The highest BCUT2D eigenvalue weighted by Crippen LogP contribution is 2.12. The molecule has 0 unspecified atom stereocenters. The molecule has 0 aliphatic carbocycles. The molecule has 1 heterocycles. The van der Waals surface area contributed by atoms with Gasteiger partial charge < -0.3 is 10.0 Å². The zero-order chi connectivity index (χ0) is 10.2. The highest BCUT2D eigenvalue weighted by atomic mass is 16.3. The summed E-state index contributed by atoms with van der Waals surface area (Å²) in [7, 11) is 0. The largest absolute Gasteiger partial charge is 0.395 e. The molecule has 78 valence electrons. The van der Waals surface area contributed by atoms with Crippen LogP contribution in [0.2, 0.25) is 0 Å². The van der Waals surface area contributed by atoms with Gasteiger partial charge in [-0.2, -0.15) is 0 Å². The van der Waals surface area contributed by atoms with Gasteiger partial charge in [0.15, 0.2) is 0 Å². The summed E-state index contributed by atoms with van der Waals surface area (Å²) >= 11 is 0. The van der Waals surface area contributed by atoms with Crippen LogP contribution in [-0.4, -0.2) is 29.8 Å². The molecule has 0 aliphatic rings. The lowest BCUT2D eigenvalue weighted by Gasteiger charge is -2.23. The lowest BCUT2D eigenvalue weighted by atomic mass is 10.3. The second-order valence-corrected chi connectivity index (χ2v) is 3.27. The summed E-state index contributed by atoms with van der Waals surface area (Å²) in [5.74, 6) is 0. The Balaban J connectivity index is 2.58. The van der Waals surface area contributed by atoms with Gasteiger partial charge in [-0.05, 0) is 18.6 Å². The summed E-state index contributed by atoms with van der Waals surface area (Å²) in [6.45, 7) is 4.07. The van der Waals surface area contributed by atoms with Crippen molar-refractivity contribution >= 4 is 5.69 Å². The van der Waals surface area contributed by atoms with E-state index in [1.54, 1.807) is 12.4 Å². The average molecular weight is 194 g/mol. The molecule has 14 heavy (non-hydrogen) atoms. The summed E-state index contributed by atoms with van der Waals surface area (Å²) in [6.07, 6.45) is 5.90. The predicted molar refractivity (Wildman–Crippen MR) is 58.4 cm³/mol. The topological polar surface area (TPSA) is 36.4 Å². The minimum Gasteiger partial charge on any atom is -0.395 e. The number of unbranched alkanes of at least 4 members (excludes halogenated alkanes) is 1. The van der Waals surface area contributed by atoms with Crippen molar-refractivity contribution in [3.63, 3.8) is 0 Å². The number of aliphatic hydroxyl groups excluding tert-OH is 1. The molecule has 0 bridgehead atoms. The fraction of sp³-hybridized carbons (Fsp3) is 0.545. The van der Waals surface area contributed by atoms with Crippen LogP contribution in [0.4, 0.5) is 5.69 Å². The van der Waals surface area contributed by atoms with E-state index in [0.717, 1.165) is 18.7 Å². The Kier molecular flexibility index (Phi) is 5.00. The van der Waals surface area contributed by atoms with E-state index in [0.29, 0.717) is 6.54 Å². The van der Waals surface area contributed by atoms with Crippen molar-refractivity contribution in [3.8, 4) is 0 Å². The maximum Gasteiger partial charge on any atom is 0.0606 e. The number of pyridine rings is 1. The Bertz CT molecular complexity index is 238. The molecule has 0 saturated heterocycles. The molecular formula is C11H18N2O. The van der Waals surface area contributed by atoms with E-state index >= 15 is 0 Å². The van der Waals surface area contributed by atoms with Crippen molar-refractivity contribution in [2.75, 3.05) is 24.6 Å². The van der Waals surface area contributed by atoms with Crippen LogP contribution in [0.3, 0.4) is 0 Å². The first kappa shape index (κ1) is 11.0. The molecule has 3 nitrogen and oxygen atoms in total. The maximum atomic E-state index is 8.94. The van der Waals surface area contributed by atoms with Crippen LogP contribution >= 0.6 is 0 Å². The van der Waals surface area contributed by atoms with Crippen LogP contribution in [0.25, 0.3) is 0 Å². The van der Waals surface area contributed by atoms with E-state index < -0.39 is 0 Å². The molecule has 1 aromatic heterocycles. The number of anilines is 1. The summed E-state index contributed by atoms with van der Waals surface area (Å²) in [6, 6.07) is 3.96. The van der Waals surface area contributed by atoms with Gasteiger partial charge in [0.25, 0.3) is 0 Å². The molecule has 0 atom stereocenters. The fourth-order valence-electron chi connectivity index (χ4n) is 1.39. The number of aromatic nitrogens is 1. The van der Waals surface area contributed by atoms with E-state index in [2.05, 4.69) is 16.8 Å². The van der Waals surface area contributed by atoms with E-state index in [-0.39, 0.29) is 6.61 Å². The van der Waals surface area contributed by atoms with E-state index in [1.165, 1.54) is 6.42 Å². The number of nitrogens with zero attached hydrogens (tertiary/aromatic N) is 2. The van der Waals surface area contributed by atoms with Gasteiger partial charge in [0.1, 0.15) is 0 Å². The van der Waals surface area contributed by atoms with Gasteiger partial charge in [-0.25, -0.2) is 0 Å². The molecule has 0 amide bonds. The minimum absolute atomic E-state index is 0.200. The number of aliphatic hydroxyl groups is 1. The van der Waals surface area contributed by atoms with Crippen LogP contribution in [-0.2, 0) is 0 Å². The van der Waals surface area contributed by atoms with Crippen molar-refractivity contribution in [3.05, 3.63) is 24.5 Å². The SMILES string of the molecule is CCCCN(CCO)c1ccncc1. The third kappa shape index (κ3) is 3.34. The van der Waals surface area contributed by atoms with Crippen LogP contribution in [0.15, 0.2) is 24.5 Å². The molecule has 0 saturated carbocycles. The lowest BCUT2D eigenvalue weighted by Crippen LogP contribution is -2.27. The van der Waals surface area contributed by atoms with Gasteiger partial charge >= 0.3 is 0 Å². The molecule has 1 rings (SSSR count). The highest BCUT2D eigenvalue weighted by molar-refractivity contribution is 5.44. The van der Waals surface area contributed by atoms with Crippen LogP contribution in [0, 0.1) is 0 Å². The minimum atomic E-state index is 0.200. The van der Waals surface area contributed by atoms with Gasteiger partial charge in [0, 0.05) is 31.2 Å². The lowest BCUT2D eigenvalue weighted by molar-refractivity contribution is 0.301. The van der Waals surface area contributed by atoms with E-state index in [4.69, 9.17) is 5.11 Å². The molecule has 0 spiro atoms. The van der Waals surface area contributed by atoms with Crippen molar-refractivity contribution in [2.24, 2.45) is 0 Å². The van der Waals surface area contributed by atoms with Crippen LogP contribution in [0.1, 0.15) is 19.8 Å². The van der Waals surface area contributed by atoms with Gasteiger partial charge in [-0.3, -0.25) is 4.98 Å². The second-order valence-electron chi connectivity index (χ2n) is 3.27. The van der Waals surface area contributed by atoms with Gasteiger partial charge in [-0.1, -0.05) is 13.3 Å². The monoisotopic (exact) mass is 194 g/mol. The Hall–Kier alpha value is -1.09. The Morgan fingerprint density at radius 1 is 1.29 bits per heavy atom. The first-order chi connectivity index (χ1) is 6.88. The molecular weight excluding hydrogens is 176 g/mol. The average Bonchev–Trinajstić information content (AvgIpc) is 2.25. The van der Waals surface area contributed by atoms with Crippen LogP contribution < -0.4 is 4.90 Å². The normalized spacial score (nSPS) is 10.1. The summed E-state index contributed by atoms with van der Waals surface area (Å²) in [5.41, 5.74) is 1.14. The molecule has 0 aliphatic heterocycles. The van der Waals surface area contributed by atoms with Gasteiger partial charge in [-0.15, -0.1) is 0 Å². The standard InChI is InChI=1S/C11H18N2O/c1-2-3-8-13(9-10-14)11-4-6-12-7-5-11/h4-7,14H,2-3,8-10H2,1H3. The Morgan fingerprint density at radius 3 is 2.57 bits per heavy atom. The van der Waals surface area contributed by atoms with Crippen molar-refractivity contribution in [1.29, 1.82) is 0 Å². The number of hydrogen-bond donors (Lipinski definition) is 1. The first-order valence-electron chi connectivity index (χ1n) is 5.14.